The molecule has 1 saturated carbocycles. The van der Waals surface area contributed by atoms with Gasteiger partial charge in [0.1, 0.15) is 18.0 Å². The summed E-state index contributed by atoms with van der Waals surface area (Å²) < 4.78 is 14.7. The molecule has 134 valence electrons. The number of aromatic nitrogens is 4. The fourth-order valence-corrected chi connectivity index (χ4v) is 2.76. The van der Waals surface area contributed by atoms with Crippen molar-refractivity contribution in [2.45, 2.75) is 25.9 Å². The molecule has 0 aliphatic heterocycles. The Morgan fingerprint density at radius 3 is 2.81 bits per heavy atom. The van der Waals surface area contributed by atoms with Gasteiger partial charge in [0, 0.05) is 19.0 Å². The first kappa shape index (κ1) is 16.4. The van der Waals surface area contributed by atoms with E-state index in [1.165, 1.54) is 18.5 Å². The molecule has 3 aromatic rings. The quantitative estimate of drug-likeness (QED) is 0.679. The van der Waals surface area contributed by atoms with Gasteiger partial charge in [0.15, 0.2) is 5.65 Å². The minimum atomic E-state index is -0.256. The number of nitrogens with one attached hydrogen (secondary N) is 2. The summed E-state index contributed by atoms with van der Waals surface area (Å²) in [7, 11) is 0. The normalized spacial score (nSPS) is 13.7. The lowest BCUT2D eigenvalue weighted by molar-refractivity contribution is -0.122. The predicted octanol–water partition coefficient (Wildman–Crippen LogP) is 2.10. The van der Waals surface area contributed by atoms with Crippen molar-refractivity contribution in [3.63, 3.8) is 0 Å². The Hall–Kier alpha value is -3.03. The highest BCUT2D eigenvalue weighted by Crippen LogP contribution is 2.28. The van der Waals surface area contributed by atoms with Crippen molar-refractivity contribution < 1.29 is 9.18 Å². The molecule has 0 unspecified atom stereocenters. The maximum absolute atomic E-state index is 13.0. The van der Waals surface area contributed by atoms with Crippen molar-refractivity contribution in [2.75, 3.05) is 11.9 Å². The third kappa shape index (κ3) is 3.63. The van der Waals surface area contributed by atoms with E-state index in [4.69, 9.17) is 0 Å². The van der Waals surface area contributed by atoms with Crippen LogP contribution in [0.3, 0.4) is 0 Å². The number of hydrogen-bond donors (Lipinski definition) is 2. The maximum atomic E-state index is 13.0. The van der Waals surface area contributed by atoms with Gasteiger partial charge in [-0.15, -0.1) is 0 Å². The third-order valence-electron chi connectivity index (χ3n) is 4.38. The van der Waals surface area contributed by atoms with Crippen LogP contribution in [0.15, 0.2) is 36.8 Å². The molecular formula is C18H19FN6O. The molecule has 8 heteroatoms. The largest absolute Gasteiger partial charge is 0.365 e. The standard InChI is InChI=1S/C18H19FN6O/c19-14-5-1-12(2-6-14)9-21-16-15-10-24-25(17(15)23-11-22-16)8-7-20-18(26)13-3-4-13/h1-2,5-6,10-11,13H,3-4,7-9H2,(H,20,26)(H,21,22,23). The van der Waals surface area contributed by atoms with E-state index in [0.717, 1.165) is 23.8 Å². The molecule has 1 amide bonds. The number of nitrogens with zero attached hydrogens (tertiary/aromatic N) is 4. The SMILES string of the molecule is O=C(NCCn1ncc2c(NCc3ccc(F)cc3)ncnc21)C1CC1. The summed E-state index contributed by atoms with van der Waals surface area (Å²) in [5.41, 5.74) is 1.66. The molecule has 0 atom stereocenters. The summed E-state index contributed by atoms with van der Waals surface area (Å²) >= 11 is 0. The fraction of sp³-hybridized carbons (Fsp3) is 0.333. The van der Waals surface area contributed by atoms with Crippen LogP contribution in [0.1, 0.15) is 18.4 Å². The van der Waals surface area contributed by atoms with E-state index in [2.05, 4.69) is 25.7 Å². The molecule has 4 rings (SSSR count). The van der Waals surface area contributed by atoms with Gasteiger partial charge in [0.25, 0.3) is 0 Å². The van der Waals surface area contributed by atoms with Gasteiger partial charge < -0.3 is 10.6 Å². The van der Waals surface area contributed by atoms with Crippen LogP contribution in [0.4, 0.5) is 10.2 Å². The molecule has 0 spiro atoms. The van der Waals surface area contributed by atoms with E-state index < -0.39 is 0 Å². The number of carbonyl (C=O) groups excluding carboxylic acids is 1. The highest BCUT2D eigenvalue weighted by Gasteiger charge is 2.29. The van der Waals surface area contributed by atoms with Crippen molar-refractivity contribution >= 4 is 22.8 Å². The van der Waals surface area contributed by atoms with Crippen molar-refractivity contribution in [1.82, 2.24) is 25.1 Å². The first-order valence-electron chi connectivity index (χ1n) is 8.63. The number of hydrogen-bond acceptors (Lipinski definition) is 5. The van der Waals surface area contributed by atoms with E-state index in [0.29, 0.717) is 31.1 Å². The average molecular weight is 354 g/mol. The van der Waals surface area contributed by atoms with Crippen LogP contribution < -0.4 is 10.6 Å². The molecule has 1 fully saturated rings. The van der Waals surface area contributed by atoms with Crippen molar-refractivity contribution in [2.24, 2.45) is 5.92 Å². The fourth-order valence-electron chi connectivity index (χ4n) is 2.76. The van der Waals surface area contributed by atoms with E-state index in [1.54, 1.807) is 23.0 Å². The lowest BCUT2D eigenvalue weighted by Gasteiger charge is -2.08. The molecule has 2 heterocycles. The second kappa shape index (κ2) is 7.07. The van der Waals surface area contributed by atoms with Gasteiger partial charge >= 0.3 is 0 Å². The first-order chi connectivity index (χ1) is 12.7. The van der Waals surface area contributed by atoms with Crippen LogP contribution >= 0.6 is 0 Å². The van der Waals surface area contributed by atoms with Gasteiger partial charge in [-0.05, 0) is 30.5 Å². The number of rotatable bonds is 7. The summed E-state index contributed by atoms with van der Waals surface area (Å²) in [6, 6.07) is 6.32. The summed E-state index contributed by atoms with van der Waals surface area (Å²) in [5, 5.41) is 11.3. The Kier molecular flexibility index (Phi) is 4.47. The molecule has 1 aliphatic rings. The Morgan fingerprint density at radius 2 is 2.04 bits per heavy atom. The summed E-state index contributed by atoms with van der Waals surface area (Å²) in [6.45, 7) is 1.60. The molecule has 2 aromatic heterocycles. The summed E-state index contributed by atoms with van der Waals surface area (Å²) in [5.74, 6) is 0.743. The van der Waals surface area contributed by atoms with E-state index >= 15 is 0 Å². The van der Waals surface area contributed by atoms with E-state index in [-0.39, 0.29) is 17.6 Å². The van der Waals surface area contributed by atoms with Gasteiger partial charge in [0.05, 0.1) is 18.1 Å². The van der Waals surface area contributed by atoms with E-state index in [9.17, 15) is 9.18 Å². The zero-order valence-electron chi connectivity index (χ0n) is 14.2. The Bertz CT molecular complexity index is 919. The summed E-state index contributed by atoms with van der Waals surface area (Å²) in [4.78, 5) is 20.3. The van der Waals surface area contributed by atoms with Crippen LogP contribution in [0, 0.1) is 11.7 Å². The number of anilines is 1. The lowest BCUT2D eigenvalue weighted by atomic mass is 10.2. The monoisotopic (exact) mass is 354 g/mol. The number of amides is 1. The van der Waals surface area contributed by atoms with Gasteiger partial charge in [-0.3, -0.25) is 4.79 Å². The number of benzene rings is 1. The zero-order chi connectivity index (χ0) is 17.9. The minimum absolute atomic E-state index is 0.123. The summed E-state index contributed by atoms with van der Waals surface area (Å²) in [6.07, 6.45) is 5.18. The number of halogens is 1. The van der Waals surface area contributed by atoms with Crippen LogP contribution in [-0.2, 0) is 17.9 Å². The highest BCUT2D eigenvalue weighted by atomic mass is 19.1. The van der Waals surface area contributed by atoms with Crippen molar-refractivity contribution in [3.05, 3.63) is 48.2 Å². The van der Waals surface area contributed by atoms with Crippen molar-refractivity contribution in [1.29, 1.82) is 0 Å². The number of fused-ring (bicyclic) bond motifs is 1. The molecule has 0 radical (unpaired) electrons. The van der Waals surface area contributed by atoms with Gasteiger partial charge in [0.2, 0.25) is 5.91 Å². The Balaban J connectivity index is 1.42. The topological polar surface area (TPSA) is 84.7 Å². The predicted molar refractivity (Wildman–Crippen MR) is 94.8 cm³/mol. The second-order valence-electron chi connectivity index (χ2n) is 6.37. The molecule has 2 N–H and O–H groups in total. The van der Waals surface area contributed by atoms with Crippen LogP contribution in [0.5, 0.6) is 0 Å². The van der Waals surface area contributed by atoms with E-state index in [1.807, 2.05) is 0 Å². The molecule has 1 aliphatic carbocycles. The van der Waals surface area contributed by atoms with Crippen LogP contribution in [0.2, 0.25) is 0 Å². The molecule has 0 saturated heterocycles. The minimum Gasteiger partial charge on any atom is -0.365 e. The van der Waals surface area contributed by atoms with Gasteiger partial charge in [-0.1, -0.05) is 12.1 Å². The molecule has 1 aromatic carbocycles. The van der Waals surface area contributed by atoms with Gasteiger partial charge in [-0.2, -0.15) is 5.10 Å². The number of carbonyl (C=O) groups is 1. The van der Waals surface area contributed by atoms with Crippen molar-refractivity contribution in [3.8, 4) is 0 Å². The molecule has 0 bridgehead atoms. The molecule has 26 heavy (non-hydrogen) atoms. The maximum Gasteiger partial charge on any atom is 0.223 e. The smallest absolute Gasteiger partial charge is 0.223 e. The highest BCUT2D eigenvalue weighted by molar-refractivity contribution is 5.86. The first-order valence-corrected chi connectivity index (χ1v) is 8.63. The Labute approximate surface area is 149 Å². The molecule has 7 nitrogen and oxygen atoms in total. The zero-order valence-corrected chi connectivity index (χ0v) is 14.2. The van der Waals surface area contributed by atoms with Crippen LogP contribution in [-0.4, -0.2) is 32.2 Å². The second-order valence-corrected chi connectivity index (χ2v) is 6.37. The van der Waals surface area contributed by atoms with Crippen LogP contribution in [0.25, 0.3) is 11.0 Å². The lowest BCUT2D eigenvalue weighted by Crippen LogP contribution is -2.28. The van der Waals surface area contributed by atoms with Gasteiger partial charge in [-0.25, -0.2) is 19.0 Å². The Morgan fingerprint density at radius 1 is 1.23 bits per heavy atom. The third-order valence-corrected chi connectivity index (χ3v) is 4.38. The molecular weight excluding hydrogens is 335 g/mol. The average Bonchev–Trinajstić information content (AvgIpc) is 3.43.